The van der Waals surface area contributed by atoms with Crippen LogP contribution in [0.5, 0.6) is 5.75 Å². The van der Waals surface area contributed by atoms with E-state index < -0.39 is 11.7 Å². The second-order valence-electron chi connectivity index (χ2n) is 6.68. The molecule has 0 aliphatic carbocycles. The summed E-state index contributed by atoms with van der Waals surface area (Å²) in [4.78, 5) is 23.7. The number of rotatable bonds is 4. The average molecular weight is 355 g/mol. The summed E-state index contributed by atoms with van der Waals surface area (Å²) in [5.74, 6) is 0.402. The van der Waals surface area contributed by atoms with Gasteiger partial charge in [0.1, 0.15) is 18.0 Å². The van der Waals surface area contributed by atoms with E-state index >= 15 is 0 Å². The number of amides is 2. The lowest BCUT2D eigenvalue weighted by molar-refractivity contribution is -0.126. The lowest BCUT2D eigenvalue weighted by Crippen LogP contribution is -2.42. The third-order valence-electron chi connectivity index (χ3n) is 3.39. The Morgan fingerprint density at radius 3 is 2.71 bits per heavy atom. The maximum absolute atomic E-state index is 12.2. The van der Waals surface area contributed by atoms with Gasteiger partial charge in [0.25, 0.3) is 0 Å². The molecular formula is C17H23ClN2O4. The van der Waals surface area contributed by atoms with E-state index in [0.717, 1.165) is 11.3 Å². The summed E-state index contributed by atoms with van der Waals surface area (Å²) in [5.41, 5.74) is 0.391. The van der Waals surface area contributed by atoms with Crippen LogP contribution in [0.4, 0.5) is 4.79 Å². The first-order valence-corrected chi connectivity index (χ1v) is 8.28. The van der Waals surface area contributed by atoms with Gasteiger partial charge in [0.15, 0.2) is 0 Å². The SMILES string of the molecule is CC(C)(C)OC(=O)NCCNC(=O)C1COc2ccc(Cl)cc2C1. The van der Waals surface area contributed by atoms with Crippen LogP contribution in [-0.4, -0.2) is 37.3 Å². The first kappa shape index (κ1) is 18.4. The minimum Gasteiger partial charge on any atom is -0.492 e. The fourth-order valence-electron chi connectivity index (χ4n) is 2.34. The van der Waals surface area contributed by atoms with Crippen LogP contribution in [0.2, 0.25) is 5.02 Å². The molecule has 0 saturated heterocycles. The van der Waals surface area contributed by atoms with Gasteiger partial charge in [0, 0.05) is 18.1 Å². The van der Waals surface area contributed by atoms with E-state index in [1.807, 2.05) is 12.1 Å². The lowest BCUT2D eigenvalue weighted by atomic mass is 9.96. The van der Waals surface area contributed by atoms with Crippen molar-refractivity contribution in [1.82, 2.24) is 10.6 Å². The Morgan fingerprint density at radius 1 is 1.29 bits per heavy atom. The average Bonchev–Trinajstić information content (AvgIpc) is 2.48. The molecule has 0 radical (unpaired) electrons. The summed E-state index contributed by atoms with van der Waals surface area (Å²) in [7, 11) is 0. The second kappa shape index (κ2) is 7.75. The van der Waals surface area contributed by atoms with Crippen molar-refractivity contribution in [3.05, 3.63) is 28.8 Å². The second-order valence-corrected chi connectivity index (χ2v) is 7.12. The van der Waals surface area contributed by atoms with E-state index in [1.54, 1.807) is 26.8 Å². The van der Waals surface area contributed by atoms with Gasteiger partial charge in [-0.25, -0.2) is 4.79 Å². The maximum atomic E-state index is 12.2. The van der Waals surface area contributed by atoms with Crippen LogP contribution in [0, 0.1) is 5.92 Å². The van der Waals surface area contributed by atoms with Crippen molar-refractivity contribution in [3.63, 3.8) is 0 Å². The summed E-state index contributed by atoms with van der Waals surface area (Å²) in [6.45, 7) is 6.35. The molecule has 6 nitrogen and oxygen atoms in total. The van der Waals surface area contributed by atoms with Crippen molar-refractivity contribution in [1.29, 1.82) is 0 Å². The molecule has 0 fully saturated rings. The smallest absolute Gasteiger partial charge is 0.407 e. The Labute approximate surface area is 146 Å². The number of alkyl carbamates (subject to hydrolysis) is 1. The number of benzene rings is 1. The number of ether oxygens (including phenoxy) is 2. The van der Waals surface area contributed by atoms with Crippen molar-refractivity contribution in [3.8, 4) is 5.75 Å². The molecule has 2 amide bonds. The first-order valence-electron chi connectivity index (χ1n) is 7.90. The number of halogens is 1. The van der Waals surface area contributed by atoms with Gasteiger partial charge in [0.2, 0.25) is 5.91 Å². The number of fused-ring (bicyclic) bond motifs is 1. The van der Waals surface area contributed by atoms with Crippen LogP contribution in [0.1, 0.15) is 26.3 Å². The molecule has 2 N–H and O–H groups in total. The van der Waals surface area contributed by atoms with Gasteiger partial charge >= 0.3 is 6.09 Å². The molecule has 1 aliphatic heterocycles. The predicted octanol–water partition coefficient (Wildman–Crippen LogP) is 2.53. The van der Waals surface area contributed by atoms with Crippen LogP contribution in [0.15, 0.2) is 18.2 Å². The minimum absolute atomic E-state index is 0.105. The van der Waals surface area contributed by atoms with Gasteiger partial charge in [-0.1, -0.05) is 11.6 Å². The van der Waals surface area contributed by atoms with E-state index in [0.29, 0.717) is 31.1 Å². The van der Waals surface area contributed by atoms with Crippen LogP contribution in [0.25, 0.3) is 0 Å². The highest BCUT2D eigenvalue weighted by Crippen LogP contribution is 2.29. The summed E-state index contributed by atoms with van der Waals surface area (Å²) in [6.07, 6.45) is 0.0858. The van der Waals surface area contributed by atoms with Gasteiger partial charge < -0.3 is 20.1 Å². The molecule has 1 atom stereocenters. The number of hydrogen-bond donors (Lipinski definition) is 2. The van der Waals surface area contributed by atoms with E-state index in [9.17, 15) is 9.59 Å². The van der Waals surface area contributed by atoms with E-state index in [4.69, 9.17) is 21.1 Å². The highest BCUT2D eigenvalue weighted by Gasteiger charge is 2.26. The highest BCUT2D eigenvalue weighted by molar-refractivity contribution is 6.30. The number of nitrogens with one attached hydrogen (secondary N) is 2. The number of carbonyl (C=O) groups excluding carboxylic acids is 2. The Kier molecular flexibility index (Phi) is 5.94. The van der Waals surface area contributed by atoms with Crippen LogP contribution < -0.4 is 15.4 Å². The molecule has 1 aromatic carbocycles. The third kappa shape index (κ3) is 5.60. The maximum Gasteiger partial charge on any atom is 0.407 e. The molecule has 0 saturated carbocycles. The molecule has 24 heavy (non-hydrogen) atoms. The lowest BCUT2D eigenvalue weighted by Gasteiger charge is -2.25. The first-order chi connectivity index (χ1) is 11.2. The standard InChI is InChI=1S/C17H23ClN2O4/c1-17(2,3)24-16(22)20-7-6-19-15(21)12-8-11-9-13(18)4-5-14(11)23-10-12/h4-5,9,12H,6-8,10H2,1-3H3,(H,19,21)(H,20,22). The highest BCUT2D eigenvalue weighted by atomic mass is 35.5. The van der Waals surface area contributed by atoms with Crippen molar-refractivity contribution in [2.75, 3.05) is 19.7 Å². The molecule has 132 valence electrons. The molecule has 0 spiro atoms. The Balaban J connectivity index is 1.73. The topological polar surface area (TPSA) is 76.7 Å². The zero-order chi connectivity index (χ0) is 17.7. The number of carbonyl (C=O) groups is 2. The molecule has 1 aromatic rings. The molecule has 1 heterocycles. The summed E-state index contributed by atoms with van der Waals surface area (Å²) < 4.78 is 10.7. The monoisotopic (exact) mass is 354 g/mol. The van der Waals surface area contributed by atoms with Crippen molar-refractivity contribution >= 4 is 23.6 Å². The Bertz CT molecular complexity index is 613. The molecule has 0 aromatic heterocycles. The fourth-order valence-corrected chi connectivity index (χ4v) is 2.53. The summed E-state index contributed by atoms with van der Waals surface area (Å²) in [5, 5.41) is 6.01. The van der Waals surface area contributed by atoms with Gasteiger partial charge in [-0.05, 0) is 51.0 Å². The largest absolute Gasteiger partial charge is 0.492 e. The van der Waals surface area contributed by atoms with Crippen molar-refractivity contribution in [2.24, 2.45) is 5.92 Å². The molecule has 1 aliphatic rings. The van der Waals surface area contributed by atoms with E-state index in [-0.39, 0.29) is 11.8 Å². The normalized spacial score (nSPS) is 16.6. The molecule has 0 bridgehead atoms. The Hall–Kier alpha value is -1.95. The molecular weight excluding hydrogens is 332 g/mol. The quantitative estimate of drug-likeness (QED) is 0.815. The zero-order valence-electron chi connectivity index (χ0n) is 14.1. The van der Waals surface area contributed by atoms with Gasteiger partial charge in [-0.2, -0.15) is 0 Å². The van der Waals surface area contributed by atoms with Gasteiger partial charge in [0.05, 0.1) is 5.92 Å². The van der Waals surface area contributed by atoms with Crippen molar-refractivity contribution in [2.45, 2.75) is 32.8 Å². The predicted molar refractivity (Wildman–Crippen MR) is 91.4 cm³/mol. The van der Waals surface area contributed by atoms with E-state index in [2.05, 4.69) is 10.6 Å². The van der Waals surface area contributed by atoms with Crippen molar-refractivity contribution < 1.29 is 19.1 Å². The minimum atomic E-state index is -0.540. The molecule has 2 rings (SSSR count). The van der Waals surface area contributed by atoms with Crippen LogP contribution >= 0.6 is 11.6 Å². The zero-order valence-corrected chi connectivity index (χ0v) is 14.9. The summed E-state index contributed by atoms with van der Waals surface area (Å²) >= 11 is 5.97. The third-order valence-corrected chi connectivity index (χ3v) is 3.63. The van der Waals surface area contributed by atoms with Crippen LogP contribution in [0.3, 0.4) is 0 Å². The fraction of sp³-hybridized carbons (Fsp3) is 0.529. The molecule has 1 unspecified atom stereocenters. The van der Waals surface area contributed by atoms with Crippen LogP contribution in [-0.2, 0) is 16.0 Å². The van der Waals surface area contributed by atoms with E-state index in [1.165, 1.54) is 0 Å². The summed E-state index contributed by atoms with van der Waals surface area (Å²) in [6, 6.07) is 5.40. The molecule has 7 heteroatoms. The van der Waals surface area contributed by atoms with Gasteiger partial charge in [-0.3, -0.25) is 4.79 Å². The van der Waals surface area contributed by atoms with Gasteiger partial charge in [-0.15, -0.1) is 0 Å². The Morgan fingerprint density at radius 2 is 2.00 bits per heavy atom. The number of hydrogen-bond acceptors (Lipinski definition) is 4.